The van der Waals surface area contributed by atoms with Crippen LogP contribution >= 0.6 is 0 Å². The van der Waals surface area contributed by atoms with E-state index in [1.165, 1.54) is 38.5 Å². The third-order valence-electron chi connectivity index (χ3n) is 7.15. The van der Waals surface area contributed by atoms with Crippen LogP contribution in [0.1, 0.15) is 129 Å². The maximum Gasteiger partial charge on any atom is 0.306 e. The average Bonchev–Trinajstić information content (AvgIpc) is 2.91. The highest BCUT2D eigenvalue weighted by atomic mass is 16.6. The summed E-state index contributed by atoms with van der Waals surface area (Å²) in [6.07, 6.45) is 21.4. The van der Waals surface area contributed by atoms with Gasteiger partial charge in [0.2, 0.25) is 0 Å². The fourth-order valence-corrected chi connectivity index (χ4v) is 4.53. The van der Waals surface area contributed by atoms with E-state index in [0.717, 1.165) is 57.8 Å². The van der Waals surface area contributed by atoms with Gasteiger partial charge in [-0.25, -0.2) is 0 Å². The van der Waals surface area contributed by atoms with E-state index in [9.17, 15) is 19.5 Å². The van der Waals surface area contributed by atoms with Crippen LogP contribution in [0.2, 0.25) is 0 Å². The minimum absolute atomic E-state index is 0.0396. The summed E-state index contributed by atoms with van der Waals surface area (Å²) in [5, 5.41) is 11.5. The Morgan fingerprint density at radius 3 is 1.78 bits per heavy atom. The lowest BCUT2D eigenvalue weighted by molar-refractivity contribution is -0.889. The predicted molar refractivity (Wildman–Crippen MR) is 162 cm³/mol. The smallest absolute Gasteiger partial charge is 0.306 e. The van der Waals surface area contributed by atoms with Crippen molar-refractivity contribution in [2.24, 2.45) is 0 Å². The molecule has 2 unspecified atom stereocenters. The minimum atomic E-state index is -1.13. The Labute approximate surface area is 250 Å². The molecule has 8 heteroatoms. The number of nitrogens with zero attached hydrogens (tertiary/aromatic N) is 1. The zero-order valence-corrected chi connectivity index (χ0v) is 27.0. The standard InChI is InChI=1S/C33H61NO7/c1-6-8-10-12-13-14-15-16-17-18-19-20-22-24-32(36)41-29(28-40-31(35)23-21-11-9-7-2)27-39-26-25-30(33(37)38)34(3,4)5/h14-15,29-30H,6-13,16-28H2,1-5H3/b15-14-. The molecule has 0 radical (unpaired) electrons. The Morgan fingerprint density at radius 1 is 0.707 bits per heavy atom. The molecule has 0 aromatic rings. The Hall–Kier alpha value is -1.93. The molecule has 0 N–H and O–H groups in total. The van der Waals surface area contributed by atoms with E-state index in [1.54, 1.807) is 21.1 Å². The number of hydrogen-bond acceptors (Lipinski definition) is 7. The van der Waals surface area contributed by atoms with Crippen molar-refractivity contribution in [1.29, 1.82) is 0 Å². The maximum absolute atomic E-state index is 12.5. The topological polar surface area (TPSA) is 102 Å². The lowest BCUT2D eigenvalue weighted by atomic mass is 10.1. The highest BCUT2D eigenvalue weighted by Gasteiger charge is 2.25. The van der Waals surface area contributed by atoms with Crippen molar-refractivity contribution in [3.05, 3.63) is 12.2 Å². The summed E-state index contributed by atoms with van der Waals surface area (Å²) >= 11 is 0. The van der Waals surface area contributed by atoms with Crippen LogP contribution in [0.25, 0.3) is 0 Å². The van der Waals surface area contributed by atoms with Gasteiger partial charge in [0.25, 0.3) is 0 Å². The van der Waals surface area contributed by atoms with Crippen molar-refractivity contribution in [3.63, 3.8) is 0 Å². The first-order valence-corrected chi connectivity index (χ1v) is 16.2. The predicted octanol–water partition coefficient (Wildman–Crippen LogP) is 5.90. The second kappa shape index (κ2) is 25.8. The SMILES string of the molecule is CCCCCC/C=C\CCCCCCCC(=O)OC(COCCC(C(=O)[O-])[N+](C)(C)C)COC(=O)CCCCCC. The molecule has 0 aromatic heterocycles. The number of ether oxygens (including phenoxy) is 3. The number of hydrogen-bond donors (Lipinski definition) is 0. The van der Waals surface area contributed by atoms with Crippen molar-refractivity contribution < 1.29 is 38.2 Å². The summed E-state index contributed by atoms with van der Waals surface area (Å²) in [6.45, 7) is 4.49. The molecule has 0 rings (SSSR count). The third-order valence-corrected chi connectivity index (χ3v) is 7.15. The van der Waals surface area contributed by atoms with Gasteiger partial charge in [-0.3, -0.25) is 9.59 Å². The number of allylic oxidation sites excluding steroid dienone is 2. The molecule has 240 valence electrons. The van der Waals surface area contributed by atoms with Gasteiger partial charge in [-0.2, -0.15) is 0 Å². The monoisotopic (exact) mass is 583 g/mol. The van der Waals surface area contributed by atoms with Crippen molar-refractivity contribution in [1.82, 2.24) is 0 Å². The van der Waals surface area contributed by atoms with Crippen molar-refractivity contribution in [3.8, 4) is 0 Å². The molecule has 8 nitrogen and oxygen atoms in total. The molecule has 0 heterocycles. The largest absolute Gasteiger partial charge is 0.544 e. The Balaban J connectivity index is 4.40. The quantitative estimate of drug-likeness (QED) is 0.0489. The van der Waals surface area contributed by atoms with Gasteiger partial charge in [0, 0.05) is 19.3 Å². The molecular formula is C33H61NO7. The first kappa shape index (κ1) is 39.1. The van der Waals surface area contributed by atoms with Gasteiger partial charge in [-0.15, -0.1) is 0 Å². The molecule has 0 fully saturated rings. The van der Waals surface area contributed by atoms with Crippen LogP contribution in [0.4, 0.5) is 0 Å². The second-order valence-electron chi connectivity index (χ2n) is 12.0. The third kappa shape index (κ3) is 24.4. The number of carboxylic acids is 1. The zero-order chi connectivity index (χ0) is 30.8. The summed E-state index contributed by atoms with van der Waals surface area (Å²) in [4.78, 5) is 36.1. The van der Waals surface area contributed by atoms with Gasteiger partial charge >= 0.3 is 11.9 Å². The molecule has 0 saturated heterocycles. The van der Waals surface area contributed by atoms with E-state index in [1.807, 2.05) is 0 Å². The van der Waals surface area contributed by atoms with Crippen LogP contribution in [0.15, 0.2) is 12.2 Å². The van der Waals surface area contributed by atoms with Crippen molar-refractivity contribution >= 4 is 17.9 Å². The average molecular weight is 584 g/mol. The zero-order valence-electron chi connectivity index (χ0n) is 27.0. The number of rotatable bonds is 28. The van der Waals surface area contributed by atoms with Crippen molar-refractivity contribution in [2.75, 3.05) is 41.0 Å². The van der Waals surface area contributed by atoms with Crippen LogP contribution in [0, 0.1) is 0 Å². The van der Waals surface area contributed by atoms with E-state index in [4.69, 9.17) is 14.2 Å². The lowest BCUT2D eigenvalue weighted by Gasteiger charge is -2.34. The normalized spacial score (nSPS) is 13.3. The highest BCUT2D eigenvalue weighted by molar-refractivity contribution is 5.70. The number of carbonyl (C=O) groups is 3. The van der Waals surface area contributed by atoms with Gasteiger partial charge in [0.05, 0.1) is 40.3 Å². The molecule has 2 atom stereocenters. The van der Waals surface area contributed by atoms with Crippen LogP contribution in [0.3, 0.4) is 0 Å². The summed E-state index contributed by atoms with van der Waals surface area (Å²) in [6, 6.07) is -0.719. The molecule has 0 spiro atoms. The summed E-state index contributed by atoms with van der Waals surface area (Å²) in [5.41, 5.74) is 0. The number of quaternary nitrogens is 1. The number of esters is 2. The van der Waals surface area contributed by atoms with E-state index < -0.39 is 18.1 Å². The molecule has 41 heavy (non-hydrogen) atoms. The number of unbranched alkanes of at least 4 members (excludes halogenated alkanes) is 12. The van der Waals surface area contributed by atoms with Crippen LogP contribution < -0.4 is 5.11 Å². The van der Waals surface area contributed by atoms with Crippen LogP contribution in [0.5, 0.6) is 0 Å². The summed E-state index contributed by atoms with van der Waals surface area (Å²) in [5.74, 6) is -1.77. The van der Waals surface area contributed by atoms with Crippen LogP contribution in [-0.4, -0.2) is 75.5 Å². The first-order valence-electron chi connectivity index (χ1n) is 16.2. The summed E-state index contributed by atoms with van der Waals surface area (Å²) < 4.78 is 16.8. The maximum atomic E-state index is 12.5. The molecule has 0 amide bonds. The number of carboxylic acid groups (broad SMARTS) is 1. The molecular weight excluding hydrogens is 522 g/mol. The molecule has 0 aliphatic heterocycles. The van der Waals surface area contributed by atoms with Crippen molar-refractivity contribution in [2.45, 2.75) is 142 Å². The summed E-state index contributed by atoms with van der Waals surface area (Å²) in [7, 11) is 5.37. The molecule has 0 aliphatic rings. The fraction of sp³-hybridized carbons (Fsp3) is 0.848. The minimum Gasteiger partial charge on any atom is -0.544 e. The number of likely N-dealkylation sites (N-methyl/N-ethyl adjacent to an activating group) is 1. The fourth-order valence-electron chi connectivity index (χ4n) is 4.53. The lowest BCUT2D eigenvalue weighted by Crippen LogP contribution is -2.55. The van der Waals surface area contributed by atoms with E-state index in [0.29, 0.717) is 12.8 Å². The van der Waals surface area contributed by atoms with Gasteiger partial charge in [-0.05, 0) is 38.5 Å². The van der Waals surface area contributed by atoms with Crippen LogP contribution in [-0.2, 0) is 28.6 Å². The Kier molecular flexibility index (Phi) is 24.5. The highest BCUT2D eigenvalue weighted by Crippen LogP contribution is 2.12. The Bertz CT molecular complexity index is 702. The van der Waals surface area contributed by atoms with Gasteiger partial charge in [-0.1, -0.05) is 83.8 Å². The molecule has 0 aliphatic carbocycles. The second-order valence-corrected chi connectivity index (χ2v) is 12.0. The number of aliphatic carboxylic acids is 1. The van der Waals surface area contributed by atoms with Gasteiger partial charge in [0.1, 0.15) is 12.6 Å². The molecule has 0 saturated carbocycles. The Morgan fingerprint density at radius 2 is 1.22 bits per heavy atom. The molecule has 0 aromatic carbocycles. The molecule has 0 bridgehead atoms. The number of carbonyl (C=O) groups excluding carboxylic acids is 3. The van der Waals surface area contributed by atoms with E-state index >= 15 is 0 Å². The van der Waals surface area contributed by atoms with Gasteiger partial charge < -0.3 is 28.6 Å². The van der Waals surface area contributed by atoms with Gasteiger partial charge in [0.15, 0.2) is 6.10 Å². The van der Waals surface area contributed by atoms with E-state index in [2.05, 4.69) is 26.0 Å². The first-order chi connectivity index (χ1) is 19.6. The van der Waals surface area contributed by atoms with E-state index in [-0.39, 0.29) is 42.7 Å².